The third-order valence-electron chi connectivity index (χ3n) is 4.19. The van der Waals surface area contributed by atoms with Gasteiger partial charge in [-0.15, -0.1) is 13.2 Å². The third-order valence-corrected chi connectivity index (χ3v) is 5.57. The molecule has 0 atom stereocenters. The van der Waals surface area contributed by atoms with Crippen LogP contribution < -0.4 is 14.8 Å². The van der Waals surface area contributed by atoms with Crippen molar-refractivity contribution in [3.05, 3.63) is 83.7 Å². The first-order valence-corrected chi connectivity index (χ1v) is 10.5. The predicted octanol–water partition coefficient (Wildman–Crippen LogP) is 5.09. The highest BCUT2D eigenvalue weighted by Gasteiger charge is 2.32. The highest BCUT2D eigenvalue weighted by Crippen LogP contribution is 2.30. The van der Waals surface area contributed by atoms with Crippen molar-refractivity contribution >= 4 is 27.3 Å². The molecule has 0 unspecified atom stereocenters. The second kappa shape index (κ2) is 8.87. The number of nitrogens with one attached hydrogen (secondary N) is 2. The monoisotopic (exact) mass is 468 g/mol. The molecule has 0 aromatic heterocycles. The van der Waals surface area contributed by atoms with E-state index in [9.17, 15) is 30.8 Å². The summed E-state index contributed by atoms with van der Waals surface area (Å²) >= 11 is 0. The number of aryl methyl sites for hydroxylation is 1. The van der Waals surface area contributed by atoms with Crippen molar-refractivity contribution < 1.29 is 35.5 Å². The maximum absolute atomic E-state index is 13.7. The van der Waals surface area contributed by atoms with Crippen LogP contribution in [0.5, 0.6) is 5.75 Å². The van der Waals surface area contributed by atoms with Gasteiger partial charge in [-0.2, -0.15) is 0 Å². The molecule has 168 valence electrons. The molecule has 0 saturated carbocycles. The van der Waals surface area contributed by atoms with E-state index in [1.165, 1.54) is 61.5 Å². The van der Waals surface area contributed by atoms with Crippen molar-refractivity contribution in [2.24, 2.45) is 0 Å². The molecule has 1 amide bonds. The molecule has 0 aliphatic heterocycles. The summed E-state index contributed by atoms with van der Waals surface area (Å²) in [5.74, 6) is -2.10. The highest BCUT2D eigenvalue weighted by molar-refractivity contribution is 7.92. The van der Waals surface area contributed by atoms with Crippen LogP contribution in [-0.2, 0) is 10.0 Å². The van der Waals surface area contributed by atoms with Crippen molar-refractivity contribution in [1.29, 1.82) is 0 Å². The first-order valence-electron chi connectivity index (χ1n) is 9.00. The predicted molar refractivity (Wildman–Crippen MR) is 109 cm³/mol. The van der Waals surface area contributed by atoms with Gasteiger partial charge in [-0.3, -0.25) is 9.52 Å². The zero-order valence-corrected chi connectivity index (χ0v) is 17.2. The lowest BCUT2D eigenvalue weighted by atomic mass is 10.2. The number of benzene rings is 3. The summed E-state index contributed by atoms with van der Waals surface area (Å²) < 4.78 is 82.6. The Morgan fingerprint density at radius 2 is 1.69 bits per heavy atom. The Hall–Kier alpha value is -3.60. The molecule has 0 spiro atoms. The van der Waals surface area contributed by atoms with Gasteiger partial charge in [0.1, 0.15) is 5.82 Å². The molecule has 0 saturated heterocycles. The van der Waals surface area contributed by atoms with Gasteiger partial charge in [0.25, 0.3) is 15.9 Å². The van der Waals surface area contributed by atoms with E-state index >= 15 is 0 Å². The van der Waals surface area contributed by atoms with Crippen molar-refractivity contribution in [2.75, 3.05) is 10.0 Å². The van der Waals surface area contributed by atoms with Gasteiger partial charge in [0.05, 0.1) is 10.6 Å². The van der Waals surface area contributed by atoms with Crippen LogP contribution in [-0.4, -0.2) is 20.7 Å². The second-order valence-corrected chi connectivity index (χ2v) is 8.28. The number of anilines is 2. The number of rotatable bonds is 6. The summed E-state index contributed by atoms with van der Waals surface area (Å²) in [6, 6.07) is 13.6. The Labute approximate surface area is 180 Å². The minimum atomic E-state index is -4.95. The average Bonchev–Trinajstić information content (AvgIpc) is 2.70. The smallest absolute Gasteiger partial charge is 0.404 e. The number of halogens is 4. The Morgan fingerprint density at radius 1 is 0.969 bits per heavy atom. The van der Waals surface area contributed by atoms with E-state index in [0.29, 0.717) is 0 Å². The number of amides is 1. The molecule has 3 rings (SSSR count). The fourth-order valence-corrected chi connectivity index (χ4v) is 3.72. The van der Waals surface area contributed by atoms with Crippen molar-refractivity contribution in [2.45, 2.75) is 18.2 Å². The van der Waals surface area contributed by atoms with Crippen LogP contribution in [0.1, 0.15) is 15.9 Å². The van der Waals surface area contributed by atoms with Gasteiger partial charge in [-0.05, 0) is 55.0 Å². The molecular weight excluding hydrogens is 452 g/mol. The van der Waals surface area contributed by atoms with Crippen LogP contribution in [0.25, 0.3) is 0 Å². The molecule has 0 bridgehead atoms. The Bertz CT molecular complexity index is 1260. The summed E-state index contributed by atoms with van der Waals surface area (Å²) in [6.07, 6.45) is -4.95. The molecule has 3 aromatic carbocycles. The first-order chi connectivity index (χ1) is 14.9. The Morgan fingerprint density at radius 3 is 2.38 bits per heavy atom. The van der Waals surface area contributed by atoms with E-state index in [4.69, 9.17) is 0 Å². The topological polar surface area (TPSA) is 84.5 Å². The quantitative estimate of drug-likeness (QED) is 0.494. The number of ether oxygens (including phenoxy) is 1. The summed E-state index contributed by atoms with van der Waals surface area (Å²) in [6.45, 7) is 1.49. The molecule has 0 heterocycles. The average molecular weight is 468 g/mol. The van der Waals surface area contributed by atoms with Gasteiger partial charge < -0.3 is 10.1 Å². The van der Waals surface area contributed by atoms with Crippen molar-refractivity contribution in [1.82, 2.24) is 0 Å². The Balaban J connectivity index is 1.81. The van der Waals surface area contributed by atoms with Gasteiger partial charge in [0.2, 0.25) is 0 Å². The molecule has 6 nitrogen and oxygen atoms in total. The van der Waals surface area contributed by atoms with Crippen LogP contribution in [0.15, 0.2) is 71.6 Å². The molecule has 0 radical (unpaired) electrons. The molecular formula is C21H16F4N2O4S. The van der Waals surface area contributed by atoms with Gasteiger partial charge in [-0.25, -0.2) is 12.8 Å². The number of para-hydroxylation sites is 2. The van der Waals surface area contributed by atoms with E-state index in [1.54, 1.807) is 0 Å². The van der Waals surface area contributed by atoms with E-state index in [2.05, 4.69) is 14.8 Å². The van der Waals surface area contributed by atoms with E-state index in [-0.39, 0.29) is 27.4 Å². The highest BCUT2D eigenvalue weighted by atomic mass is 32.2. The number of carbonyl (C=O) groups is 1. The second-order valence-electron chi connectivity index (χ2n) is 6.60. The van der Waals surface area contributed by atoms with Crippen LogP contribution in [0.2, 0.25) is 0 Å². The lowest BCUT2D eigenvalue weighted by molar-refractivity contribution is -0.274. The lowest BCUT2D eigenvalue weighted by Gasteiger charge is -2.14. The van der Waals surface area contributed by atoms with Crippen LogP contribution in [0, 0.1) is 12.7 Å². The van der Waals surface area contributed by atoms with E-state index in [0.717, 1.165) is 12.1 Å². The van der Waals surface area contributed by atoms with Gasteiger partial charge in [0, 0.05) is 11.3 Å². The lowest BCUT2D eigenvalue weighted by Crippen LogP contribution is -2.19. The maximum atomic E-state index is 13.7. The van der Waals surface area contributed by atoms with Gasteiger partial charge in [0.15, 0.2) is 5.75 Å². The van der Waals surface area contributed by atoms with Crippen molar-refractivity contribution in [3.63, 3.8) is 0 Å². The minimum Gasteiger partial charge on any atom is -0.404 e. The number of sulfonamides is 1. The third kappa shape index (κ3) is 5.76. The first kappa shape index (κ1) is 23.1. The minimum absolute atomic E-state index is 0.00143. The zero-order valence-electron chi connectivity index (χ0n) is 16.4. The molecule has 2 N–H and O–H groups in total. The number of carbonyl (C=O) groups excluding carboxylic acids is 1. The Kier molecular flexibility index (Phi) is 6.40. The fourth-order valence-electron chi connectivity index (χ4n) is 2.66. The fraction of sp³-hybridized carbons (Fsp3) is 0.0952. The molecule has 11 heteroatoms. The molecule has 0 aliphatic rings. The van der Waals surface area contributed by atoms with Gasteiger partial charge in [-0.1, -0.05) is 24.3 Å². The zero-order chi connectivity index (χ0) is 23.5. The SMILES string of the molecule is Cc1ccc(S(=O)(=O)Nc2cccc(C(=O)Nc3ccccc3OC(F)(F)F)c2)cc1F. The molecule has 0 aliphatic carbocycles. The van der Waals surface area contributed by atoms with E-state index < -0.39 is 33.9 Å². The van der Waals surface area contributed by atoms with E-state index in [1.807, 2.05) is 0 Å². The normalized spacial score (nSPS) is 11.7. The summed E-state index contributed by atoms with van der Waals surface area (Å²) in [5, 5.41) is 2.29. The summed E-state index contributed by atoms with van der Waals surface area (Å²) in [7, 11) is -4.15. The molecule has 32 heavy (non-hydrogen) atoms. The molecule has 3 aromatic rings. The van der Waals surface area contributed by atoms with Gasteiger partial charge >= 0.3 is 6.36 Å². The van der Waals surface area contributed by atoms with Crippen molar-refractivity contribution in [3.8, 4) is 5.75 Å². The number of hydrogen-bond donors (Lipinski definition) is 2. The van der Waals surface area contributed by atoms with Crippen LogP contribution >= 0.6 is 0 Å². The molecule has 0 fully saturated rings. The largest absolute Gasteiger partial charge is 0.573 e. The standard InChI is InChI=1S/C21H16F4N2O4S/c1-13-9-10-16(12-17(13)22)32(29,30)27-15-6-4-5-14(11-15)20(28)26-18-7-2-3-8-19(18)31-21(23,24)25/h2-12,27H,1H3,(H,26,28). The number of hydrogen-bond acceptors (Lipinski definition) is 4. The summed E-state index contributed by atoms with van der Waals surface area (Å²) in [4.78, 5) is 12.2. The van der Waals surface area contributed by atoms with Crippen LogP contribution in [0.3, 0.4) is 0 Å². The maximum Gasteiger partial charge on any atom is 0.573 e. The number of alkyl halides is 3. The summed E-state index contributed by atoms with van der Waals surface area (Å²) in [5.41, 5.74) is 0.00824. The van der Waals surface area contributed by atoms with Crippen LogP contribution in [0.4, 0.5) is 28.9 Å².